The summed E-state index contributed by atoms with van der Waals surface area (Å²) in [5.74, 6) is -0.983. The molecular weight excluding hydrogens is 715 g/mol. The van der Waals surface area contributed by atoms with Crippen LogP contribution in [-0.2, 0) is 28.2 Å². The van der Waals surface area contributed by atoms with Gasteiger partial charge in [-0.25, -0.2) is 4.57 Å². The normalized spacial score (nSPS) is 13.9. The van der Waals surface area contributed by atoms with Crippen molar-refractivity contribution in [2.24, 2.45) is 0 Å². The zero-order valence-corrected chi connectivity index (χ0v) is 35.0. The van der Waals surface area contributed by atoms with Crippen LogP contribution in [0.2, 0.25) is 0 Å². The van der Waals surface area contributed by atoms with Crippen LogP contribution in [0.25, 0.3) is 0 Å². The smallest absolute Gasteiger partial charge is 0.462 e. The van der Waals surface area contributed by atoms with Crippen LogP contribution in [0.3, 0.4) is 0 Å². The molecule has 0 rings (SSSR count). The van der Waals surface area contributed by atoms with E-state index < -0.39 is 32.5 Å². The minimum Gasteiger partial charge on any atom is -0.462 e. The lowest BCUT2D eigenvalue weighted by Crippen LogP contribution is -2.29. The molecule has 0 aliphatic carbocycles. The molecule has 55 heavy (non-hydrogen) atoms. The van der Waals surface area contributed by atoms with E-state index in [0.717, 1.165) is 51.4 Å². The molecule has 0 bridgehead atoms. The van der Waals surface area contributed by atoms with Crippen molar-refractivity contribution < 1.29 is 43.0 Å². The molecule has 0 aromatic heterocycles. The summed E-state index contributed by atoms with van der Waals surface area (Å²) in [6.07, 6.45) is 49.7. The molecule has 9 nitrogen and oxygen atoms in total. The van der Waals surface area contributed by atoms with Gasteiger partial charge < -0.3 is 24.4 Å². The van der Waals surface area contributed by atoms with Gasteiger partial charge in [-0.05, 0) is 77.0 Å². The predicted octanol–water partition coefficient (Wildman–Crippen LogP) is 11.8. The topological polar surface area (TPSA) is 140 Å². The van der Waals surface area contributed by atoms with Crippen LogP contribution in [-0.4, -0.2) is 52.3 Å². The van der Waals surface area contributed by atoms with E-state index in [2.05, 4.69) is 60.1 Å². The number of carbonyl (C=O) groups excluding carboxylic acids is 2. The second kappa shape index (κ2) is 39.4. The van der Waals surface area contributed by atoms with Crippen molar-refractivity contribution in [2.75, 3.05) is 13.2 Å². The second-order valence-corrected chi connectivity index (χ2v) is 15.0. The summed E-state index contributed by atoms with van der Waals surface area (Å²) in [5.41, 5.74) is 0. The number of carbonyl (C=O) groups is 2. The number of ether oxygens (including phenoxy) is 2. The first kappa shape index (κ1) is 52.2. The summed E-state index contributed by atoms with van der Waals surface area (Å²) in [6, 6.07) is 0. The number of hydrogen-bond acceptors (Lipinski definition) is 7. The zero-order chi connectivity index (χ0) is 40.5. The van der Waals surface area contributed by atoms with Gasteiger partial charge in [0, 0.05) is 12.8 Å². The van der Waals surface area contributed by atoms with Crippen LogP contribution in [0.4, 0.5) is 0 Å². The third-order valence-electron chi connectivity index (χ3n) is 8.56. The lowest BCUT2D eigenvalue weighted by molar-refractivity contribution is -0.161. The average molecular weight is 791 g/mol. The van der Waals surface area contributed by atoms with Crippen LogP contribution in [0.15, 0.2) is 85.1 Å². The quantitative estimate of drug-likeness (QED) is 0.0184. The van der Waals surface area contributed by atoms with Gasteiger partial charge in [-0.2, -0.15) is 0 Å². The molecule has 0 spiro atoms. The second-order valence-electron chi connectivity index (χ2n) is 13.8. The van der Waals surface area contributed by atoms with Gasteiger partial charge in [-0.3, -0.25) is 14.1 Å². The molecule has 0 radical (unpaired) electrons. The van der Waals surface area contributed by atoms with Crippen molar-refractivity contribution in [1.29, 1.82) is 0 Å². The SMILES string of the molecule is CCCCC/C=C\C/C=C\CCCCCCCCCCCC(=O)OC[C@H](COP(=O)(O)O)OC(=O)CCC/C=C\C/C=C\C/C=C\C/C=C\C=C\[C@H](O)CC. The first-order chi connectivity index (χ1) is 26.7. The number of aliphatic hydroxyl groups excluding tert-OH is 1. The highest BCUT2D eigenvalue weighted by atomic mass is 31.2. The Morgan fingerprint density at radius 3 is 1.58 bits per heavy atom. The maximum atomic E-state index is 12.4. The Bertz CT molecular complexity index is 1180. The minimum absolute atomic E-state index is 0.115. The summed E-state index contributed by atoms with van der Waals surface area (Å²) < 4.78 is 26.3. The van der Waals surface area contributed by atoms with Crippen molar-refractivity contribution >= 4 is 19.8 Å². The van der Waals surface area contributed by atoms with Gasteiger partial charge in [0.25, 0.3) is 0 Å². The number of phosphoric acid groups is 1. The van der Waals surface area contributed by atoms with Crippen LogP contribution < -0.4 is 0 Å². The third kappa shape index (κ3) is 42.2. The number of allylic oxidation sites excluding steroid dienone is 13. The van der Waals surface area contributed by atoms with Gasteiger partial charge in [0.1, 0.15) is 6.61 Å². The van der Waals surface area contributed by atoms with E-state index in [0.29, 0.717) is 25.7 Å². The number of aliphatic hydroxyl groups is 1. The van der Waals surface area contributed by atoms with E-state index in [1.54, 1.807) is 6.08 Å². The molecule has 0 fully saturated rings. The van der Waals surface area contributed by atoms with Gasteiger partial charge in [0.15, 0.2) is 6.10 Å². The highest BCUT2D eigenvalue weighted by molar-refractivity contribution is 7.46. The van der Waals surface area contributed by atoms with E-state index in [9.17, 15) is 19.3 Å². The average Bonchev–Trinajstić information content (AvgIpc) is 3.16. The first-order valence-electron chi connectivity index (χ1n) is 21.0. The Labute approximate surface area is 334 Å². The van der Waals surface area contributed by atoms with Crippen LogP contribution >= 0.6 is 7.82 Å². The molecule has 0 aromatic rings. The molecule has 0 saturated heterocycles. The van der Waals surface area contributed by atoms with E-state index in [1.807, 2.05) is 37.3 Å². The summed E-state index contributed by atoms with van der Waals surface area (Å²) >= 11 is 0. The number of phosphoric ester groups is 1. The van der Waals surface area contributed by atoms with Crippen molar-refractivity contribution in [3.63, 3.8) is 0 Å². The molecule has 0 aromatic carbocycles. The fraction of sp³-hybridized carbons (Fsp3) is 0.644. The maximum absolute atomic E-state index is 12.4. The summed E-state index contributed by atoms with van der Waals surface area (Å²) in [5, 5.41) is 9.45. The van der Waals surface area contributed by atoms with E-state index >= 15 is 0 Å². The number of esters is 2. The molecule has 2 atom stereocenters. The fourth-order valence-corrected chi connectivity index (χ4v) is 5.63. The highest BCUT2D eigenvalue weighted by Gasteiger charge is 2.22. The molecular formula is C45H75O9P. The van der Waals surface area contributed by atoms with Crippen LogP contribution in [0, 0.1) is 0 Å². The van der Waals surface area contributed by atoms with Crippen LogP contribution in [0.5, 0.6) is 0 Å². The van der Waals surface area contributed by atoms with E-state index in [1.165, 1.54) is 57.8 Å². The lowest BCUT2D eigenvalue weighted by Gasteiger charge is -2.18. The Kier molecular flexibility index (Phi) is 37.4. The predicted molar refractivity (Wildman–Crippen MR) is 226 cm³/mol. The fourth-order valence-electron chi connectivity index (χ4n) is 5.27. The largest absolute Gasteiger partial charge is 0.469 e. The summed E-state index contributed by atoms with van der Waals surface area (Å²) in [7, 11) is -4.78. The standard InChI is InChI=1S/C45H75O9P/c1-3-5-6-7-8-9-10-11-12-13-14-15-16-20-23-26-29-32-35-38-44(47)52-40-43(41-53-55(49,50)51)54-45(48)39-36-33-30-27-24-21-18-17-19-22-25-28-31-34-37-42(46)4-2/h8-9,11-12,18-19,21-22,27-28,30-31,34,37,42-43,46H,3-7,10,13-17,20,23-26,29,32-33,35-36,38-41H2,1-2H3,(H2,49,50,51)/b9-8-,12-11-,21-18-,22-19-,30-27-,31-28-,37-34+/t42-,43-/m1/s1. The summed E-state index contributed by atoms with van der Waals surface area (Å²) in [4.78, 5) is 42.8. The lowest BCUT2D eigenvalue weighted by atomic mass is 10.1. The molecule has 10 heteroatoms. The molecule has 0 saturated carbocycles. The monoisotopic (exact) mass is 791 g/mol. The molecule has 0 heterocycles. The number of hydrogen-bond donors (Lipinski definition) is 3. The van der Waals surface area contributed by atoms with E-state index in [-0.39, 0.29) is 25.6 Å². The Morgan fingerprint density at radius 1 is 0.564 bits per heavy atom. The summed E-state index contributed by atoms with van der Waals surface area (Å²) in [6.45, 7) is 3.27. The van der Waals surface area contributed by atoms with Crippen molar-refractivity contribution in [2.45, 2.75) is 174 Å². The molecule has 314 valence electrons. The molecule has 0 unspecified atom stereocenters. The third-order valence-corrected chi connectivity index (χ3v) is 9.04. The van der Waals surface area contributed by atoms with Crippen LogP contribution in [0.1, 0.15) is 162 Å². The number of rotatable bonds is 37. The van der Waals surface area contributed by atoms with Gasteiger partial charge >= 0.3 is 19.8 Å². The molecule has 3 N–H and O–H groups in total. The van der Waals surface area contributed by atoms with Gasteiger partial charge in [-0.1, -0.05) is 157 Å². The molecule has 0 amide bonds. The van der Waals surface area contributed by atoms with Gasteiger partial charge in [0.05, 0.1) is 12.7 Å². The first-order valence-corrected chi connectivity index (χ1v) is 22.5. The Balaban J connectivity index is 4.05. The molecule has 0 aliphatic heterocycles. The Morgan fingerprint density at radius 2 is 1.04 bits per heavy atom. The van der Waals surface area contributed by atoms with Crippen molar-refractivity contribution in [3.8, 4) is 0 Å². The number of unbranched alkanes of at least 4 members (excludes halogenated alkanes) is 13. The maximum Gasteiger partial charge on any atom is 0.469 e. The minimum atomic E-state index is -4.78. The van der Waals surface area contributed by atoms with E-state index in [4.69, 9.17) is 19.3 Å². The van der Waals surface area contributed by atoms with Crippen molar-refractivity contribution in [3.05, 3.63) is 85.1 Å². The van der Waals surface area contributed by atoms with Crippen molar-refractivity contribution in [1.82, 2.24) is 0 Å². The Hall–Kier alpha value is -2.81. The molecule has 0 aliphatic rings. The van der Waals surface area contributed by atoms with Gasteiger partial charge in [-0.15, -0.1) is 0 Å². The highest BCUT2D eigenvalue weighted by Crippen LogP contribution is 2.36. The van der Waals surface area contributed by atoms with Gasteiger partial charge in [0.2, 0.25) is 0 Å². The zero-order valence-electron chi connectivity index (χ0n) is 34.2.